The Balaban J connectivity index is 1.76. The van der Waals surface area contributed by atoms with Crippen LogP contribution in [0.2, 0.25) is 0 Å². The van der Waals surface area contributed by atoms with Gasteiger partial charge in [0.25, 0.3) is 0 Å². The quantitative estimate of drug-likeness (QED) is 0.798. The van der Waals surface area contributed by atoms with Crippen LogP contribution in [0.25, 0.3) is 0 Å². The van der Waals surface area contributed by atoms with Gasteiger partial charge >= 0.3 is 0 Å². The van der Waals surface area contributed by atoms with E-state index in [2.05, 4.69) is 29.6 Å². The van der Waals surface area contributed by atoms with Gasteiger partial charge in [0.2, 0.25) is 5.91 Å². The van der Waals surface area contributed by atoms with Crippen LogP contribution in [-0.4, -0.2) is 27.8 Å². The summed E-state index contributed by atoms with van der Waals surface area (Å²) in [6.07, 6.45) is 6.11. The van der Waals surface area contributed by atoms with Crippen molar-refractivity contribution < 1.29 is 4.79 Å². The summed E-state index contributed by atoms with van der Waals surface area (Å²) in [5.74, 6) is 0.0914. The van der Waals surface area contributed by atoms with E-state index in [4.69, 9.17) is 0 Å². The molecule has 0 bridgehead atoms. The summed E-state index contributed by atoms with van der Waals surface area (Å²) in [5, 5.41) is 10.5. The monoisotopic (exact) mass is 250 g/mol. The van der Waals surface area contributed by atoms with Crippen LogP contribution in [0, 0.1) is 0 Å². The predicted molar refractivity (Wildman–Crippen MR) is 70.1 cm³/mol. The Morgan fingerprint density at radius 1 is 1.50 bits per heavy atom. The number of carbonyl (C=O) groups excluding carboxylic acids is 1. The van der Waals surface area contributed by atoms with Crippen LogP contribution in [0.1, 0.15) is 45.2 Å². The lowest BCUT2D eigenvalue weighted by Crippen LogP contribution is -2.42. The molecule has 2 N–H and O–H groups in total. The van der Waals surface area contributed by atoms with Gasteiger partial charge in [0.05, 0.1) is 12.2 Å². The van der Waals surface area contributed by atoms with Crippen LogP contribution in [-0.2, 0) is 11.3 Å². The van der Waals surface area contributed by atoms with Crippen LogP contribution in [0.5, 0.6) is 0 Å². The molecule has 5 nitrogen and oxygen atoms in total. The smallest absolute Gasteiger partial charge is 0.237 e. The van der Waals surface area contributed by atoms with Crippen molar-refractivity contribution in [2.45, 2.75) is 58.3 Å². The highest BCUT2D eigenvalue weighted by Gasteiger charge is 2.25. The minimum atomic E-state index is -0.159. The number of hydrogen-bond donors (Lipinski definition) is 2. The minimum absolute atomic E-state index is 0.0914. The first-order chi connectivity index (χ1) is 8.56. The molecule has 1 aromatic heterocycles. The summed E-state index contributed by atoms with van der Waals surface area (Å²) < 4.78 is 1.92. The second-order valence-electron chi connectivity index (χ2n) is 5.31. The number of rotatable bonds is 6. The van der Waals surface area contributed by atoms with Gasteiger partial charge in [0, 0.05) is 30.4 Å². The van der Waals surface area contributed by atoms with Crippen molar-refractivity contribution in [3.05, 3.63) is 18.0 Å². The standard InChI is InChI=1S/C13H22N4O/c1-9(2)17-8-11(7-15-17)6-14-10(3)13(18)16-12-4-5-12/h7-10,12,14H,4-6H2,1-3H3,(H,16,18). The molecule has 0 spiro atoms. The third-order valence-electron chi connectivity index (χ3n) is 3.11. The third-order valence-corrected chi connectivity index (χ3v) is 3.11. The molecular formula is C13H22N4O. The first-order valence-corrected chi connectivity index (χ1v) is 6.63. The van der Waals surface area contributed by atoms with E-state index in [9.17, 15) is 4.79 Å². The molecule has 1 aliphatic carbocycles. The van der Waals surface area contributed by atoms with Gasteiger partial charge in [0.15, 0.2) is 0 Å². The molecule has 5 heteroatoms. The lowest BCUT2D eigenvalue weighted by atomic mass is 10.2. The molecule has 0 radical (unpaired) electrons. The van der Waals surface area contributed by atoms with Crippen molar-refractivity contribution in [1.82, 2.24) is 20.4 Å². The minimum Gasteiger partial charge on any atom is -0.352 e. The number of nitrogens with zero attached hydrogens (tertiary/aromatic N) is 2. The average Bonchev–Trinajstić information content (AvgIpc) is 3.00. The predicted octanol–water partition coefficient (Wildman–Crippen LogP) is 1.22. The van der Waals surface area contributed by atoms with Crippen molar-refractivity contribution >= 4 is 5.91 Å². The molecule has 1 heterocycles. The van der Waals surface area contributed by atoms with Crippen molar-refractivity contribution in [1.29, 1.82) is 0 Å². The fourth-order valence-corrected chi connectivity index (χ4v) is 1.67. The lowest BCUT2D eigenvalue weighted by Gasteiger charge is -2.12. The van der Waals surface area contributed by atoms with E-state index in [0.717, 1.165) is 18.4 Å². The van der Waals surface area contributed by atoms with E-state index in [1.165, 1.54) is 0 Å². The Labute approximate surface area is 108 Å². The van der Waals surface area contributed by atoms with Gasteiger partial charge in [-0.2, -0.15) is 5.10 Å². The van der Waals surface area contributed by atoms with Crippen LogP contribution >= 0.6 is 0 Å². The first kappa shape index (κ1) is 13.1. The Hall–Kier alpha value is -1.36. The molecule has 1 amide bonds. The van der Waals surface area contributed by atoms with Crippen molar-refractivity contribution in [3.63, 3.8) is 0 Å². The highest BCUT2D eigenvalue weighted by molar-refractivity contribution is 5.81. The van der Waals surface area contributed by atoms with E-state index in [1.807, 2.05) is 24.0 Å². The molecule has 0 aliphatic heterocycles. The molecule has 1 atom stereocenters. The first-order valence-electron chi connectivity index (χ1n) is 6.63. The molecule has 18 heavy (non-hydrogen) atoms. The van der Waals surface area contributed by atoms with E-state index in [0.29, 0.717) is 18.6 Å². The Morgan fingerprint density at radius 3 is 2.78 bits per heavy atom. The lowest BCUT2D eigenvalue weighted by molar-refractivity contribution is -0.122. The Bertz CT molecular complexity index is 409. The maximum atomic E-state index is 11.7. The normalized spacial score (nSPS) is 16.9. The Kier molecular flexibility index (Phi) is 4.01. The fourth-order valence-electron chi connectivity index (χ4n) is 1.67. The number of nitrogens with one attached hydrogen (secondary N) is 2. The van der Waals surface area contributed by atoms with Gasteiger partial charge in [-0.1, -0.05) is 0 Å². The molecular weight excluding hydrogens is 228 g/mol. The van der Waals surface area contributed by atoms with Gasteiger partial charge in [-0.3, -0.25) is 9.48 Å². The summed E-state index contributed by atoms with van der Waals surface area (Å²) in [6, 6.07) is 0.632. The molecule has 1 saturated carbocycles. The maximum Gasteiger partial charge on any atom is 0.237 e. The molecule has 100 valence electrons. The third kappa shape index (κ3) is 3.57. The van der Waals surface area contributed by atoms with Crippen LogP contribution < -0.4 is 10.6 Å². The SMILES string of the molecule is CC(NCc1cnn(C(C)C)c1)C(=O)NC1CC1. The zero-order valence-corrected chi connectivity index (χ0v) is 11.3. The maximum absolute atomic E-state index is 11.7. The van der Waals surface area contributed by atoms with E-state index >= 15 is 0 Å². The van der Waals surface area contributed by atoms with E-state index in [-0.39, 0.29) is 11.9 Å². The van der Waals surface area contributed by atoms with Crippen LogP contribution in [0.3, 0.4) is 0 Å². The summed E-state index contributed by atoms with van der Waals surface area (Å²) in [7, 11) is 0. The summed E-state index contributed by atoms with van der Waals surface area (Å²) in [5.41, 5.74) is 1.11. The molecule has 2 rings (SSSR count). The summed E-state index contributed by atoms with van der Waals surface area (Å²) >= 11 is 0. The number of amides is 1. The number of carbonyl (C=O) groups is 1. The number of hydrogen-bond acceptors (Lipinski definition) is 3. The molecule has 0 saturated heterocycles. The topological polar surface area (TPSA) is 59.0 Å². The second-order valence-corrected chi connectivity index (χ2v) is 5.31. The fraction of sp³-hybridized carbons (Fsp3) is 0.692. The van der Waals surface area contributed by atoms with E-state index < -0.39 is 0 Å². The largest absolute Gasteiger partial charge is 0.352 e. The molecule has 0 aromatic carbocycles. The second kappa shape index (κ2) is 5.52. The zero-order chi connectivity index (χ0) is 13.1. The summed E-state index contributed by atoms with van der Waals surface area (Å²) in [4.78, 5) is 11.7. The van der Waals surface area contributed by atoms with Gasteiger partial charge in [-0.25, -0.2) is 0 Å². The van der Waals surface area contributed by atoms with Crippen molar-refractivity contribution in [2.24, 2.45) is 0 Å². The van der Waals surface area contributed by atoms with Gasteiger partial charge < -0.3 is 10.6 Å². The van der Waals surface area contributed by atoms with Crippen molar-refractivity contribution in [3.8, 4) is 0 Å². The van der Waals surface area contributed by atoms with Crippen LogP contribution in [0.4, 0.5) is 0 Å². The van der Waals surface area contributed by atoms with Crippen LogP contribution in [0.15, 0.2) is 12.4 Å². The summed E-state index contributed by atoms with van der Waals surface area (Å²) in [6.45, 7) is 6.75. The highest BCUT2D eigenvalue weighted by Crippen LogP contribution is 2.18. The number of aromatic nitrogens is 2. The van der Waals surface area contributed by atoms with Gasteiger partial charge in [-0.15, -0.1) is 0 Å². The Morgan fingerprint density at radius 2 is 2.22 bits per heavy atom. The van der Waals surface area contributed by atoms with E-state index in [1.54, 1.807) is 0 Å². The highest BCUT2D eigenvalue weighted by atomic mass is 16.2. The van der Waals surface area contributed by atoms with Crippen molar-refractivity contribution in [2.75, 3.05) is 0 Å². The van der Waals surface area contributed by atoms with Gasteiger partial charge in [-0.05, 0) is 33.6 Å². The molecule has 1 fully saturated rings. The van der Waals surface area contributed by atoms with Gasteiger partial charge in [0.1, 0.15) is 0 Å². The average molecular weight is 250 g/mol. The zero-order valence-electron chi connectivity index (χ0n) is 11.3. The molecule has 1 aromatic rings. The molecule has 1 aliphatic rings. The molecule has 1 unspecified atom stereocenters.